The van der Waals surface area contributed by atoms with Crippen LogP contribution in [0.1, 0.15) is 59.7 Å². The normalized spacial score (nSPS) is 19.3. The number of rotatable bonds is 7. The number of carbonyl (C=O) groups is 1. The molecule has 1 unspecified atom stereocenters. The molecule has 1 fully saturated rings. The van der Waals surface area contributed by atoms with E-state index in [1.807, 2.05) is 36.5 Å². The van der Waals surface area contributed by atoms with E-state index in [4.69, 9.17) is 9.72 Å². The number of ether oxygens (including phenoxy) is 1. The van der Waals surface area contributed by atoms with Crippen LogP contribution in [0.2, 0.25) is 0 Å². The van der Waals surface area contributed by atoms with Crippen molar-refractivity contribution in [3.8, 4) is 5.75 Å². The molecule has 0 spiro atoms. The maximum atomic E-state index is 12.5. The van der Waals surface area contributed by atoms with Gasteiger partial charge in [-0.25, -0.2) is 4.98 Å². The highest BCUT2D eigenvalue weighted by Gasteiger charge is 2.23. The molecule has 1 N–H and O–H groups in total. The van der Waals surface area contributed by atoms with Crippen LogP contribution in [0.4, 0.5) is 5.69 Å². The van der Waals surface area contributed by atoms with Crippen LogP contribution in [0.3, 0.4) is 0 Å². The summed E-state index contributed by atoms with van der Waals surface area (Å²) < 4.78 is 5.24. The average Bonchev–Trinajstić information content (AvgIpc) is 3.16. The minimum Gasteiger partial charge on any atom is -0.497 e. The molecule has 1 atom stereocenters. The van der Waals surface area contributed by atoms with Crippen molar-refractivity contribution in [1.82, 2.24) is 9.88 Å². The van der Waals surface area contributed by atoms with Gasteiger partial charge in [0, 0.05) is 23.5 Å². The highest BCUT2D eigenvalue weighted by Crippen LogP contribution is 2.29. The Morgan fingerprint density at radius 2 is 2.17 bits per heavy atom. The lowest BCUT2D eigenvalue weighted by atomic mass is 9.93. The first-order valence-corrected chi connectivity index (χ1v) is 12.1. The molecule has 0 radical (unpaired) electrons. The van der Waals surface area contributed by atoms with Crippen LogP contribution in [-0.2, 0) is 24.2 Å². The number of aromatic nitrogens is 1. The number of hydrogen-bond acceptors (Lipinski definition) is 5. The largest absolute Gasteiger partial charge is 0.497 e. The zero-order chi connectivity index (χ0) is 20.9. The van der Waals surface area contributed by atoms with E-state index in [1.54, 1.807) is 7.11 Å². The SMILES string of the molecule is COc1ccc(NC(=O)CCC2CCCN(Cc3nc4c(s3)CCCC4)C2)c(C)c1. The number of piperidine rings is 1. The molecule has 4 rings (SSSR count). The second kappa shape index (κ2) is 9.92. The van der Waals surface area contributed by atoms with Gasteiger partial charge in [0.1, 0.15) is 10.8 Å². The van der Waals surface area contributed by atoms with Gasteiger partial charge < -0.3 is 10.1 Å². The molecule has 2 aliphatic rings. The van der Waals surface area contributed by atoms with Crippen molar-refractivity contribution in [2.75, 3.05) is 25.5 Å². The Morgan fingerprint density at radius 3 is 2.97 bits per heavy atom. The molecular weight excluding hydrogens is 394 g/mol. The number of nitrogens with zero attached hydrogens (tertiary/aromatic N) is 2. The third-order valence-electron chi connectivity index (χ3n) is 6.34. The molecule has 1 amide bonds. The molecule has 1 aliphatic carbocycles. The van der Waals surface area contributed by atoms with Crippen LogP contribution in [-0.4, -0.2) is 36.0 Å². The molecule has 2 aromatic rings. The average molecular weight is 428 g/mol. The molecule has 1 saturated heterocycles. The van der Waals surface area contributed by atoms with E-state index >= 15 is 0 Å². The predicted octanol–water partition coefficient (Wildman–Crippen LogP) is 4.97. The fraction of sp³-hybridized carbons (Fsp3) is 0.583. The van der Waals surface area contributed by atoms with E-state index in [0.717, 1.165) is 49.5 Å². The molecule has 1 aromatic heterocycles. The number of amides is 1. The van der Waals surface area contributed by atoms with Crippen LogP contribution >= 0.6 is 11.3 Å². The summed E-state index contributed by atoms with van der Waals surface area (Å²) in [6.45, 7) is 5.20. The van der Waals surface area contributed by atoms with Crippen LogP contribution < -0.4 is 10.1 Å². The molecule has 30 heavy (non-hydrogen) atoms. The van der Waals surface area contributed by atoms with Crippen molar-refractivity contribution >= 4 is 22.9 Å². The molecular formula is C24H33N3O2S. The number of hydrogen-bond donors (Lipinski definition) is 1. The van der Waals surface area contributed by atoms with Crippen LogP contribution in [0, 0.1) is 12.8 Å². The third kappa shape index (κ3) is 5.41. The number of anilines is 1. The Labute approximate surface area is 183 Å². The number of likely N-dealkylation sites (tertiary alicyclic amines) is 1. The van der Waals surface area contributed by atoms with Gasteiger partial charge in [0.25, 0.3) is 0 Å². The summed E-state index contributed by atoms with van der Waals surface area (Å²) in [5, 5.41) is 4.35. The predicted molar refractivity (Wildman–Crippen MR) is 122 cm³/mol. The van der Waals surface area contributed by atoms with Gasteiger partial charge in [-0.15, -0.1) is 11.3 Å². The van der Waals surface area contributed by atoms with Gasteiger partial charge in [-0.1, -0.05) is 0 Å². The van der Waals surface area contributed by atoms with Gasteiger partial charge in [-0.2, -0.15) is 0 Å². The number of benzene rings is 1. The van der Waals surface area contributed by atoms with E-state index in [2.05, 4.69) is 10.2 Å². The monoisotopic (exact) mass is 427 g/mol. The summed E-state index contributed by atoms with van der Waals surface area (Å²) in [6.07, 6.45) is 8.96. The Bertz CT molecular complexity index is 856. The highest BCUT2D eigenvalue weighted by atomic mass is 32.1. The van der Waals surface area contributed by atoms with Gasteiger partial charge in [-0.3, -0.25) is 9.69 Å². The van der Waals surface area contributed by atoms with Crippen molar-refractivity contribution in [2.45, 2.75) is 64.8 Å². The maximum absolute atomic E-state index is 12.5. The number of aryl methyl sites for hydroxylation is 3. The topological polar surface area (TPSA) is 54.5 Å². The van der Waals surface area contributed by atoms with Crippen molar-refractivity contribution < 1.29 is 9.53 Å². The summed E-state index contributed by atoms with van der Waals surface area (Å²) in [5.74, 6) is 1.51. The lowest BCUT2D eigenvalue weighted by Crippen LogP contribution is -2.35. The minimum absolute atomic E-state index is 0.105. The van der Waals surface area contributed by atoms with Crippen LogP contribution in [0.5, 0.6) is 5.75 Å². The Kier molecular flexibility index (Phi) is 7.05. The molecule has 162 valence electrons. The van der Waals surface area contributed by atoms with Crippen molar-refractivity contribution in [3.05, 3.63) is 39.3 Å². The molecule has 5 nitrogen and oxygen atoms in total. The first kappa shape index (κ1) is 21.3. The lowest BCUT2D eigenvalue weighted by Gasteiger charge is -2.32. The molecule has 0 saturated carbocycles. The molecule has 1 aliphatic heterocycles. The first-order chi connectivity index (χ1) is 14.6. The second-order valence-electron chi connectivity index (χ2n) is 8.70. The zero-order valence-corrected chi connectivity index (χ0v) is 19.0. The summed E-state index contributed by atoms with van der Waals surface area (Å²) in [4.78, 5) is 21.5. The molecule has 1 aromatic carbocycles. The maximum Gasteiger partial charge on any atom is 0.224 e. The summed E-state index contributed by atoms with van der Waals surface area (Å²) in [5.41, 5.74) is 3.26. The van der Waals surface area contributed by atoms with E-state index in [1.165, 1.54) is 47.7 Å². The third-order valence-corrected chi connectivity index (χ3v) is 7.48. The van der Waals surface area contributed by atoms with Gasteiger partial charge in [-0.05, 0) is 88.1 Å². The van der Waals surface area contributed by atoms with Gasteiger partial charge >= 0.3 is 0 Å². The van der Waals surface area contributed by atoms with E-state index in [0.29, 0.717) is 12.3 Å². The summed E-state index contributed by atoms with van der Waals surface area (Å²) >= 11 is 1.93. The van der Waals surface area contributed by atoms with Crippen molar-refractivity contribution in [1.29, 1.82) is 0 Å². The van der Waals surface area contributed by atoms with E-state index < -0.39 is 0 Å². The summed E-state index contributed by atoms with van der Waals surface area (Å²) in [6, 6.07) is 5.76. The first-order valence-electron chi connectivity index (χ1n) is 11.2. The van der Waals surface area contributed by atoms with Crippen LogP contribution in [0.15, 0.2) is 18.2 Å². The number of nitrogens with one attached hydrogen (secondary N) is 1. The van der Waals surface area contributed by atoms with Gasteiger partial charge in [0.2, 0.25) is 5.91 Å². The van der Waals surface area contributed by atoms with Crippen molar-refractivity contribution in [2.24, 2.45) is 5.92 Å². The van der Waals surface area contributed by atoms with Crippen LogP contribution in [0.25, 0.3) is 0 Å². The molecule has 6 heteroatoms. The van der Waals surface area contributed by atoms with E-state index in [9.17, 15) is 4.79 Å². The number of methoxy groups -OCH3 is 1. The molecule has 2 heterocycles. The lowest BCUT2D eigenvalue weighted by molar-refractivity contribution is -0.116. The number of carbonyl (C=O) groups excluding carboxylic acids is 1. The smallest absolute Gasteiger partial charge is 0.224 e. The Morgan fingerprint density at radius 1 is 1.30 bits per heavy atom. The fourth-order valence-corrected chi connectivity index (χ4v) is 5.85. The quantitative estimate of drug-likeness (QED) is 0.678. The summed E-state index contributed by atoms with van der Waals surface area (Å²) in [7, 11) is 1.66. The van der Waals surface area contributed by atoms with Gasteiger partial charge in [0.15, 0.2) is 0 Å². The highest BCUT2D eigenvalue weighted by molar-refractivity contribution is 7.11. The standard InChI is InChI=1S/C24H33N3O2S/c1-17-14-19(29-2)10-11-20(17)25-23(28)12-9-18-6-5-13-27(15-18)16-24-26-21-7-3-4-8-22(21)30-24/h10-11,14,18H,3-9,12-13,15-16H2,1-2H3,(H,25,28). The van der Waals surface area contributed by atoms with E-state index in [-0.39, 0.29) is 5.91 Å². The Balaban J connectivity index is 1.25. The second-order valence-corrected chi connectivity index (χ2v) is 9.86. The minimum atomic E-state index is 0.105. The Hall–Kier alpha value is -1.92. The molecule has 0 bridgehead atoms. The van der Waals surface area contributed by atoms with Gasteiger partial charge in [0.05, 0.1) is 19.3 Å². The van der Waals surface area contributed by atoms with Crippen molar-refractivity contribution in [3.63, 3.8) is 0 Å². The fourth-order valence-electron chi connectivity index (χ4n) is 4.65. The number of thiazole rings is 1. The zero-order valence-electron chi connectivity index (χ0n) is 18.2. The number of fused-ring (bicyclic) bond motifs is 1.